The van der Waals surface area contributed by atoms with Crippen LogP contribution in [-0.2, 0) is 4.79 Å². The van der Waals surface area contributed by atoms with Gasteiger partial charge in [-0.1, -0.05) is 19.3 Å². The molecule has 2 aliphatic carbocycles. The second-order valence-electron chi connectivity index (χ2n) is 6.55. The van der Waals surface area contributed by atoms with Crippen LogP contribution in [0.5, 0.6) is 0 Å². The molecule has 2 N–H and O–H groups in total. The van der Waals surface area contributed by atoms with E-state index in [2.05, 4.69) is 22.6 Å². The lowest BCUT2D eigenvalue weighted by Gasteiger charge is -2.31. The fourth-order valence-corrected chi connectivity index (χ4v) is 3.03. The van der Waals surface area contributed by atoms with Crippen LogP contribution in [0.2, 0.25) is 0 Å². The van der Waals surface area contributed by atoms with Gasteiger partial charge in [-0.2, -0.15) is 0 Å². The molecule has 2 rings (SSSR count). The molecule has 0 saturated heterocycles. The first-order valence-corrected chi connectivity index (χ1v) is 8.43. The largest absolute Gasteiger partial charge is 0.355 e. The molecule has 0 bridgehead atoms. The smallest absolute Gasteiger partial charge is 0.233 e. The van der Waals surface area contributed by atoms with E-state index in [9.17, 15) is 4.79 Å². The quantitative estimate of drug-likeness (QED) is 0.633. The predicted molar refractivity (Wildman–Crippen MR) is 82.7 cm³/mol. The molecule has 0 spiro atoms. The molecule has 2 aliphatic rings. The zero-order valence-electron chi connectivity index (χ0n) is 13.0. The average Bonchev–Trinajstić information content (AvgIpc) is 3.28. The van der Waals surface area contributed by atoms with Gasteiger partial charge in [0.2, 0.25) is 5.91 Å². The third-order valence-electron chi connectivity index (χ3n) is 4.62. The first kappa shape index (κ1) is 15.8. The zero-order chi connectivity index (χ0) is 14.2. The van der Waals surface area contributed by atoms with Gasteiger partial charge in [0, 0.05) is 12.6 Å². The molecule has 20 heavy (non-hydrogen) atoms. The summed E-state index contributed by atoms with van der Waals surface area (Å²) in [5, 5.41) is 6.23. The second kappa shape index (κ2) is 8.63. The summed E-state index contributed by atoms with van der Waals surface area (Å²) in [7, 11) is 2.23. The van der Waals surface area contributed by atoms with Crippen molar-refractivity contribution in [3.63, 3.8) is 0 Å². The maximum Gasteiger partial charge on any atom is 0.233 e. The number of nitrogens with zero attached hydrogens (tertiary/aromatic N) is 1. The highest BCUT2D eigenvalue weighted by Gasteiger charge is 2.20. The Hall–Kier alpha value is -0.610. The Bertz CT molecular complexity index is 285. The van der Waals surface area contributed by atoms with E-state index in [0.29, 0.717) is 6.54 Å². The lowest BCUT2D eigenvalue weighted by atomic mass is 9.94. The Morgan fingerprint density at radius 1 is 1.15 bits per heavy atom. The summed E-state index contributed by atoms with van der Waals surface area (Å²) in [4.78, 5) is 14.1. The summed E-state index contributed by atoms with van der Waals surface area (Å²) >= 11 is 0. The molecule has 2 fully saturated rings. The van der Waals surface area contributed by atoms with Crippen molar-refractivity contribution in [1.82, 2.24) is 15.5 Å². The number of rotatable bonds is 9. The number of carbonyl (C=O) groups excluding carboxylic acids is 1. The van der Waals surface area contributed by atoms with Crippen molar-refractivity contribution < 1.29 is 4.79 Å². The van der Waals surface area contributed by atoms with E-state index in [0.717, 1.165) is 38.0 Å². The van der Waals surface area contributed by atoms with Crippen LogP contribution in [0.25, 0.3) is 0 Å². The minimum absolute atomic E-state index is 0.144. The molecule has 0 unspecified atom stereocenters. The Balaban J connectivity index is 1.44. The van der Waals surface area contributed by atoms with Gasteiger partial charge in [-0.25, -0.2) is 0 Å². The second-order valence-corrected chi connectivity index (χ2v) is 6.55. The van der Waals surface area contributed by atoms with Crippen LogP contribution >= 0.6 is 0 Å². The minimum atomic E-state index is 0.144. The van der Waals surface area contributed by atoms with Crippen molar-refractivity contribution in [3.8, 4) is 0 Å². The highest BCUT2D eigenvalue weighted by atomic mass is 16.1. The van der Waals surface area contributed by atoms with E-state index in [1.54, 1.807) is 0 Å². The predicted octanol–water partition coefficient (Wildman–Crippen LogP) is 1.76. The van der Waals surface area contributed by atoms with Crippen LogP contribution in [0.1, 0.15) is 51.4 Å². The van der Waals surface area contributed by atoms with Gasteiger partial charge < -0.3 is 15.5 Å². The molecular formula is C16H31N3O. The molecule has 0 atom stereocenters. The van der Waals surface area contributed by atoms with Gasteiger partial charge in [0.1, 0.15) is 0 Å². The summed E-state index contributed by atoms with van der Waals surface area (Å²) in [6, 6.07) is 0.777. The van der Waals surface area contributed by atoms with Crippen molar-refractivity contribution in [1.29, 1.82) is 0 Å². The van der Waals surface area contributed by atoms with Gasteiger partial charge in [0.25, 0.3) is 0 Å². The monoisotopic (exact) mass is 281 g/mol. The van der Waals surface area contributed by atoms with Crippen LogP contribution in [0.3, 0.4) is 0 Å². The summed E-state index contributed by atoms with van der Waals surface area (Å²) in [6.07, 6.45) is 10.6. The SMILES string of the molecule is CN(CCCNC(=O)CNCC1CC1)C1CCCCC1. The van der Waals surface area contributed by atoms with Gasteiger partial charge >= 0.3 is 0 Å². The van der Waals surface area contributed by atoms with Crippen molar-refractivity contribution in [3.05, 3.63) is 0 Å². The molecule has 4 nitrogen and oxygen atoms in total. The molecule has 116 valence electrons. The molecular weight excluding hydrogens is 250 g/mol. The third-order valence-corrected chi connectivity index (χ3v) is 4.62. The van der Waals surface area contributed by atoms with E-state index in [4.69, 9.17) is 0 Å². The number of amides is 1. The maximum absolute atomic E-state index is 11.6. The number of nitrogens with one attached hydrogen (secondary N) is 2. The van der Waals surface area contributed by atoms with Crippen molar-refractivity contribution in [2.45, 2.75) is 57.4 Å². The van der Waals surface area contributed by atoms with Gasteiger partial charge in [0.05, 0.1) is 6.54 Å². The average molecular weight is 281 g/mol. The van der Waals surface area contributed by atoms with E-state index in [1.165, 1.54) is 44.9 Å². The summed E-state index contributed by atoms with van der Waals surface area (Å²) in [6.45, 7) is 3.40. The number of hydrogen-bond donors (Lipinski definition) is 2. The zero-order valence-corrected chi connectivity index (χ0v) is 13.0. The molecule has 2 saturated carbocycles. The maximum atomic E-state index is 11.6. The van der Waals surface area contributed by atoms with Crippen LogP contribution in [0, 0.1) is 5.92 Å². The van der Waals surface area contributed by atoms with Crippen molar-refractivity contribution in [2.75, 3.05) is 33.2 Å². The number of hydrogen-bond acceptors (Lipinski definition) is 3. The highest BCUT2D eigenvalue weighted by Crippen LogP contribution is 2.27. The molecule has 0 radical (unpaired) electrons. The topological polar surface area (TPSA) is 44.4 Å². The molecule has 1 amide bonds. The molecule has 0 aromatic rings. The van der Waals surface area contributed by atoms with Gasteiger partial charge in [-0.3, -0.25) is 4.79 Å². The van der Waals surface area contributed by atoms with Gasteiger partial charge in [0.15, 0.2) is 0 Å². The standard InChI is InChI=1S/C16H31N3O/c1-19(15-6-3-2-4-7-15)11-5-10-18-16(20)13-17-12-14-8-9-14/h14-15,17H,2-13H2,1H3,(H,18,20). The van der Waals surface area contributed by atoms with Crippen molar-refractivity contribution >= 4 is 5.91 Å². The Morgan fingerprint density at radius 2 is 1.90 bits per heavy atom. The van der Waals surface area contributed by atoms with Gasteiger partial charge in [-0.15, -0.1) is 0 Å². The molecule has 0 aromatic carbocycles. The van der Waals surface area contributed by atoms with Crippen LogP contribution in [0.15, 0.2) is 0 Å². The van der Waals surface area contributed by atoms with E-state index < -0.39 is 0 Å². The van der Waals surface area contributed by atoms with E-state index >= 15 is 0 Å². The lowest BCUT2D eigenvalue weighted by molar-refractivity contribution is -0.120. The summed E-state index contributed by atoms with van der Waals surface area (Å²) in [5.41, 5.74) is 0. The van der Waals surface area contributed by atoms with Crippen LogP contribution in [-0.4, -0.2) is 50.1 Å². The summed E-state index contributed by atoms with van der Waals surface area (Å²) in [5.74, 6) is 0.984. The first-order valence-electron chi connectivity index (χ1n) is 8.43. The molecule has 0 heterocycles. The Labute approximate surface area is 123 Å². The molecule has 0 aromatic heterocycles. The Morgan fingerprint density at radius 3 is 2.60 bits per heavy atom. The lowest BCUT2D eigenvalue weighted by Crippen LogP contribution is -2.38. The Kier molecular flexibility index (Phi) is 6.80. The minimum Gasteiger partial charge on any atom is -0.355 e. The van der Waals surface area contributed by atoms with E-state index in [1.807, 2.05) is 0 Å². The van der Waals surface area contributed by atoms with Gasteiger partial charge in [-0.05, 0) is 58.2 Å². The van der Waals surface area contributed by atoms with Crippen LogP contribution in [0.4, 0.5) is 0 Å². The first-order chi connectivity index (χ1) is 9.75. The van der Waals surface area contributed by atoms with E-state index in [-0.39, 0.29) is 5.91 Å². The molecule has 4 heteroatoms. The number of carbonyl (C=O) groups is 1. The highest BCUT2D eigenvalue weighted by molar-refractivity contribution is 5.77. The fourth-order valence-electron chi connectivity index (χ4n) is 3.03. The third kappa shape index (κ3) is 6.23. The summed E-state index contributed by atoms with van der Waals surface area (Å²) < 4.78 is 0. The molecule has 0 aliphatic heterocycles. The normalized spacial score (nSPS) is 20.3. The van der Waals surface area contributed by atoms with Crippen molar-refractivity contribution in [2.24, 2.45) is 5.92 Å². The fraction of sp³-hybridized carbons (Fsp3) is 0.938. The van der Waals surface area contributed by atoms with Crippen LogP contribution < -0.4 is 10.6 Å².